The number of carbonyl (C=O) groups is 1. The highest BCUT2D eigenvalue weighted by molar-refractivity contribution is 5.69. The number of rotatable bonds is 3. The van der Waals surface area contributed by atoms with Crippen molar-refractivity contribution in [3.05, 3.63) is 29.8 Å². The van der Waals surface area contributed by atoms with E-state index in [1.807, 2.05) is 25.7 Å². The molecule has 0 spiro atoms. The number of hydrogen-bond acceptors (Lipinski definition) is 3. The van der Waals surface area contributed by atoms with Crippen LogP contribution >= 0.6 is 0 Å². The standard InChI is InChI=1S/C20H29NO3/c1-5-14-6-10-17(11-7-14)23-18-12-15-8-9-16(13-18)21(15)19(22)24-20(2,3)4/h6-7,10-11,15-16,18H,5,8-9,12-13H2,1-4H3/t15-,16+,18?. The summed E-state index contributed by atoms with van der Waals surface area (Å²) in [4.78, 5) is 14.4. The third-order valence-corrected chi connectivity index (χ3v) is 4.93. The van der Waals surface area contributed by atoms with Crippen LogP contribution in [0.3, 0.4) is 0 Å². The van der Waals surface area contributed by atoms with Gasteiger partial charge in [0.25, 0.3) is 0 Å². The molecule has 2 heterocycles. The summed E-state index contributed by atoms with van der Waals surface area (Å²) >= 11 is 0. The van der Waals surface area contributed by atoms with Gasteiger partial charge in [-0.05, 0) is 57.7 Å². The molecule has 2 bridgehead atoms. The van der Waals surface area contributed by atoms with Crippen molar-refractivity contribution in [1.82, 2.24) is 4.90 Å². The molecule has 2 aliphatic heterocycles. The summed E-state index contributed by atoms with van der Waals surface area (Å²) in [7, 11) is 0. The Labute approximate surface area is 145 Å². The maximum atomic E-state index is 12.5. The lowest BCUT2D eigenvalue weighted by molar-refractivity contribution is -0.00707. The normalized spacial score (nSPS) is 26.3. The summed E-state index contributed by atoms with van der Waals surface area (Å²) in [6, 6.07) is 8.86. The molecule has 0 radical (unpaired) electrons. The zero-order valence-electron chi connectivity index (χ0n) is 15.2. The molecule has 1 amide bonds. The van der Waals surface area contributed by atoms with E-state index in [0.717, 1.165) is 37.9 Å². The molecule has 0 saturated carbocycles. The first-order valence-corrected chi connectivity index (χ1v) is 9.12. The summed E-state index contributed by atoms with van der Waals surface area (Å²) < 4.78 is 11.8. The maximum absolute atomic E-state index is 12.5. The molecule has 24 heavy (non-hydrogen) atoms. The molecule has 3 rings (SSSR count). The van der Waals surface area contributed by atoms with Crippen LogP contribution in [-0.4, -0.2) is 34.8 Å². The molecule has 2 saturated heterocycles. The van der Waals surface area contributed by atoms with E-state index in [2.05, 4.69) is 31.2 Å². The van der Waals surface area contributed by atoms with E-state index in [4.69, 9.17) is 9.47 Å². The van der Waals surface area contributed by atoms with Gasteiger partial charge in [0.2, 0.25) is 0 Å². The Morgan fingerprint density at radius 2 is 1.71 bits per heavy atom. The topological polar surface area (TPSA) is 38.8 Å². The molecule has 2 aliphatic rings. The lowest BCUT2D eigenvalue weighted by Gasteiger charge is -2.39. The molecule has 1 unspecified atom stereocenters. The highest BCUT2D eigenvalue weighted by Gasteiger charge is 2.45. The van der Waals surface area contributed by atoms with Crippen LogP contribution in [0, 0.1) is 0 Å². The quantitative estimate of drug-likeness (QED) is 0.815. The van der Waals surface area contributed by atoms with Crippen molar-refractivity contribution in [3.8, 4) is 5.75 Å². The molecule has 4 heteroatoms. The number of fused-ring (bicyclic) bond motifs is 2. The maximum Gasteiger partial charge on any atom is 0.410 e. The van der Waals surface area contributed by atoms with Crippen LogP contribution in [0.2, 0.25) is 0 Å². The first-order valence-electron chi connectivity index (χ1n) is 9.12. The average Bonchev–Trinajstić information content (AvgIpc) is 2.78. The summed E-state index contributed by atoms with van der Waals surface area (Å²) in [6.45, 7) is 7.91. The van der Waals surface area contributed by atoms with Crippen LogP contribution in [0.1, 0.15) is 58.9 Å². The second-order valence-corrected chi connectivity index (χ2v) is 7.98. The molecule has 0 aromatic heterocycles. The van der Waals surface area contributed by atoms with Gasteiger partial charge in [-0.15, -0.1) is 0 Å². The van der Waals surface area contributed by atoms with Crippen LogP contribution in [0.15, 0.2) is 24.3 Å². The van der Waals surface area contributed by atoms with Gasteiger partial charge in [-0.2, -0.15) is 0 Å². The number of benzene rings is 1. The van der Waals surface area contributed by atoms with E-state index < -0.39 is 5.60 Å². The van der Waals surface area contributed by atoms with Crippen LogP contribution < -0.4 is 4.74 Å². The number of piperidine rings is 1. The average molecular weight is 331 g/mol. The zero-order chi connectivity index (χ0) is 17.3. The van der Waals surface area contributed by atoms with Crippen molar-refractivity contribution >= 4 is 6.09 Å². The Balaban J connectivity index is 1.61. The smallest absolute Gasteiger partial charge is 0.410 e. The largest absolute Gasteiger partial charge is 0.490 e. The minimum absolute atomic E-state index is 0.166. The number of ether oxygens (including phenoxy) is 2. The van der Waals surface area contributed by atoms with Crippen molar-refractivity contribution in [2.24, 2.45) is 0 Å². The number of hydrogen-bond donors (Lipinski definition) is 0. The van der Waals surface area contributed by atoms with Crippen LogP contribution in [0.4, 0.5) is 4.79 Å². The lowest BCUT2D eigenvalue weighted by atomic mass is 10.00. The van der Waals surface area contributed by atoms with E-state index in [1.165, 1.54) is 5.56 Å². The van der Waals surface area contributed by atoms with Gasteiger partial charge in [0.1, 0.15) is 17.5 Å². The first-order chi connectivity index (χ1) is 11.4. The number of aryl methyl sites for hydroxylation is 1. The monoisotopic (exact) mass is 331 g/mol. The van der Waals surface area contributed by atoms with Crippen molar-refractivity contribution in [3.63, 3.8) is 0 Å². The fourth-order valence-electron chi connectivity index (χ4n) is 3.83. The first kappa shape index (κ1) is 17.1. The van der Waals surface area contributed by atoms with Gasteiger partial charge < -0.3 is 14.4 Å². The molecule has 0 aliphatic carbocycles. The number of amides is 1. The summed E-state index contributed by atoms with van der Waals surface area (Å²) in [5.74, 6) is 0.933. The van der Waals surface area contributed by atoms with E-state index in [9.17, 15) is 4.79 Å². The second kappa shape index (κ2) is 6.66. The Morgan fingerprint density at radius 1 is 1.12 bits per heavy atom. The molecule has 1 aromatic rings. The van der Waals surface area contributed by atoms with Crippen molar-refractivity contribution in [2.75, 3.05) is 0 Å². The van der Waals surface area contributed by atoms with E-state index in [1.54, 1.807) is 0 Å². The second-order valence-electron chi connectivity index (χ2n) is 7.98. The van der Waals surface area contributed by atoms with Crippen molar-refractivity contribution in [2.45, 2.75) is 83.6 Å². The van der Waals surface area contributed by atoms with Crippen LogP contribution in [0.25, 0.3) is 0 Å². The highest BCUT2D eigenvalue weighted by atomic mass is 16.6. The predicted molar refractivity (Wildman–Crippen MR) is 94.4 cm³/mol. The van der Waals surface area contributed by atoms with E-state index >= 15 is 0 Å². The minimum Gasteiger partial charge on any atom is -0.490 e. The lowest BCUT2D eigenvalue weighted by Crippen LogP contribution is -2.50. The van der Waals surface area contributed by atoms with Gasteiger partial charge in [-0.25, -0.2) is 4.79 Å². The van der Waals surface area contributed by atoms with Crippen LogP contribution in [0.5, 0.6) is 5.75 Å². The minimum atomic E-state index is -0.440. The summed E-state index contributed by atoms with van der Waals surface area (Å²) in [5, 5.41) is 0. The van der Waals surface area contributed by atoms with Gasteiger partial charge in [0.05, 0.1) is 0 Å². The third-order valence-electron chi connectivity index (χ3n) is 4.93. The molecular formula is C20H29NO3. The van der Waals surface area contributed by atoms with Crippen molar-refractivity contribution in [1.29, 1.82) is 0 Å². The molecule has 1 aromatic carbocycles. The zero-order valence-corrected chi connectivity index (χ0v) is 15.2. The van der Waals surface area contributed by atoms with Gasteiger partial charge in [-0.3, -0.25) is 0 Å². The summed E-state index contributed by atoms with van der Waals surface area (Å²) in [6.07, 6.45) is 4.96. The van der Waals surface area contributed by atoms with Gasteiger partial charge >= 0.3 is 6.09 Å². The Kier molecular flexibility index (Phi) is 4.75. The highest BCUT2D eigenvalue weighted by Crippen LogP contribution is 2.38. The Morgan fingerprint density at radius 3 is 2.21 bits per heavy atom. The third kappa shape index (κ3) is 3.85. The molecule has 0 N–H and O–H groups in total. The number of nitrogens with zero attached hydrogens (tertiary/aromatic N) is 1. The summed E-state index contributed by atoms with van der Waals surface area (Å²) in [5.41, 5.74) is 0.882. The Hall–Kier alpha value is -1.71. The van der Waals surface area contributed by atoms with Gasteiger partial charge in [0, 0.05) is 24.9 Å². The molecule has 3 atom stereocenters. The molecule has 4 nitrogen and oxygen atoms in total. The Bertz CT molecular complexity index is 562. The molecule has 132 valence electrons. The van der Waals surface area contributed by atoms with E-state index in [0.29, 0.717) is 0 Å². The number of carbonyl (C=O) groups excluding carboxylic acids is 1. The van der Waals surface area contributed by atoms with Crippen molar-refractivity contribution < 1.29 is 14.3 Å². The molecular weight excluding hydrogens is 302 g/mol. The predicted octanol–water partition coefficient (Wildman–Crippen LogP) is 4.56. The van der Waals surface area contributed by atoms with Gasteiger partial charge in [0.15, 0.2) is 0 Å². The van der Waals surface area contributed by atoms with Gasteiger partial charge in [-0.1, -0.05) is 19.1 Å². The van der Waals surface area contributed by atoms with Crippen LogP contribution in [-0.2, 0) is 11.2 Å². The fourth-order valence-corrected chi connectivity index (χ4v) is 3.83. The fraction of sp³-hybridized carbons (Fsp3) is 0.650. The van der Waals surface area contributed by atoms with E-state index in [-0.39, 0.29) is 24.3 Å². The SMILES string of the molecule is CCc1ccc(OC2C[C@H]3CC[C@@H](C2)N3C(=O)OC(C)(C)C)cc1. The molecule has 2 fully saturated rings.